The van der Waals surface area contributed by atoms with E-state index in [4.69, 9.17) is 4.74 Å². The molecule has 3 rings (SSSR count). The van der Waals surface area contributed by atoms with Gasteiger partial charge >= 0.3 is 6.18 Å². The number of hydrogen-bond acceptors (Lipinski definition) is 7. The first-order chi connectivity index (χ1) is 17.5. The molecule has 1 amide bonds. The number of anilines is 2. The molecular weight excluding hydrogens is 505 g/mol. The number of aromatic nitrogens is 1. The van der Waals surface area contributed by atoms with E-state index in [1.807, 2.05) is 13.8 Å². The van der Waals surface area contributed by atoms with Crippen LogP contribution in [0.25, 0.3) is 0 Å². The Labute approximate surface area is 219 Å². The molecule has 1 aromatic heterocycles. The van der Waals surface area contributed by atoms with Gasteiger partial charge in [0.25, 0.3) is 5.91 Å². The number of carbonyl (C=O) groups is 1. The fourth-order valence-corrected chi connectivity index (χ4v) is 5.33. The third-order valence-corrected chi connectivity index (χ3v) is 7.12. The second kappa shape index (κ2) is 12.5. The summed E-state index contributed by atoms with van der Waals surface area (Å²) in [6, 6.07) is 4.04. The quantitative estimate of drug-likeness (QED) is 0.370. The Balaban J connectivity index is 1.59. The van der Waals surface area contributed by atoms with Crippen LogP contribution in [0.5, 0.6) is 0 Å². The third-order valence-electron chi connectivity index (χ3n) is 5.98. The molecule has 0 unspecified atom stereocenters. The van der Waals surface area contributed by atoms with E-state index < -0.39 is 11.7 Å². The smallest absolute Gasteiger partial charge is 0.375 e. The normalized spacial score (nSPS) is 16.0. The number of methoxy groups -OCH3 is 1. The molecule has 1 fully saturated rings. The minimum atomic E-state index is -4.43. The summed E-state index contributed by atoms with van der Waals surface area (Å²) in [5, 5.41) is 7.61. The minimum Gasteiger partial charge on any atom is -0.375 e. The van der Waals surface area contributed by atoms with Gasteiger partial charge in [-0.05, 0) is 32.4 Å². The predicted octanol–water partition coefficient (Wildman–Crippen LogP) is 4.05. The molecule has 0 radical (unpaired) electrons. The van der Waals surface area contributed by atoms with Crippen LogP contribution in [0.2, 0.25) is 0 Å². The van der Waals surface area contributed by atoms with E-state index in [1.54, 1.807) is 6.07 Å². The summed E-state index contributed by atoms with van der Waals surface area (Å²) in [6.45, 7) is 12.9. The molecule has 1 aromatic carbocycles. The van der Waals surface area contributed by atoms with Crippen molar-refractivity contribution in [1.82, 2.24) is 15.2 Å². The second-order valence-corrected chi connectivity index (χ2v) is 9.84. The maximum Gasteiger partial charge on any atom is 0.416 e. The summed E-state index contributed by atoms with van der Waals surface area (Å²) in [6.07, 6.45) is -3.10. The zero-order valence-electron chi connectivity index (χ0n) is 21.5. The van der Waals surface area contributed by atoms with Crippen molar-refractivity contribution < 1.29 is 22.7 Å². The maximum absolute atomic E-state index is 13.4. The molecule has 1 saturated heterocycles. The Hall–Kier alpha value is -2.96. The Morgan fingerprint density at radius 2 is 2.00 bits per heavy atom. The molecule has 2 heterocycles. The Morgan fingerprint density at radius 3 is 2.62 bits per heavy atom. The van der Waals surface area contributed by atoms with Crippen molar-refractivity contribution in [1.29, 1.82) is 0 Å². The largest absolute Gasteiger partial charge is 0.416 e. The summed E-state index contributed by atoms with van der Waals surface area (Å²) >= 11 is 1.44. The zero-order chi connectivity index (χ0) is 27.2. The van der Waals surface area contributed by atoms with Crippen molar-refractivity contribution in [3.63, 3.8) is 0 Å². The average molecular weight is 539 g/mol. The lowest BCUT2D eigenvalue weighted by atomic mass is 10.0. The highest BCUT2D eigenvalue weighted by molar-refractivity contribution is 7.19. The number of hydrogen-bond donors (Lipinski definition) is 2. The highest BCUT2D eigenvalue weighted by Gasteiger charge is 2.33. The summed E-state index contributed by atoms with van der Waals surface area (Å²) in [4.78, 5) is 25.0. The van der Waals surface area contributed by atoms with Crippen LogP contribution in [0.15, 0.2) is 36.0 Å². The number of aliphatic imine (C=N–C) groups is 1. The number of aryl methyl sites for hydroxylation is 1. The molecule has 1 aliphatic heterocycles. The lowest BCUT2D eigenvalue weighted by Gasteiger charge is -2.36. The van der Waals surface area contributed by atoms with Crippen molar-refractivity contribution in [2.75, 3.05) is 56.7 Å². The number of ether oxygens (including phenoxy) is 1. The summed E-state index contributed by atoms with van der Waals surface area (Å²) < 4.78 is 45.0. The fraction of sp³-hybridized carbons (Fsp3) is 0.480. The van der Waals surface area contributed by atoms with Crippen LogP contribution in [0.4, 0.5) is 23.3 Å². The van der Waals surface area contributed by atoms with Crippen LogP contribution in [-0.4, -0.2) is 74.1 Å². The number of nitrogens with one attached hydrogen (secondary N) is 2. The summed E-state index contributed by atoms with van der Waals surface area (Å²) in [5.41, 5.74) is 0.720. The highest BCUT2D eigenvalue weighted by atomic mass is 32.1. The van der Waals surface area contributed by atoms with Gasteiger partial charge in [0.15, 0.2) is 5.13 Å². The van der Waals surface area contributed by atoms with Crippen LogP contribution in [-0.2, 0) is 15.7 Å². The lowest BCUT2D eigenvalue weighted by Crippen LogP contribution is -2.51. The standard InChI is InChI=1S/C25H33F3N6O2S/c1-6-29-22(19-8-7-9-20(17(19)3)25(26,27)28)30-16(2)14-33-10-12-34(13-11-33)23-18(4)31-24(37-23)32-21(35)15-36-5/h6-9,16H,1,10-15H2,2-5H3,(H,29,30)(H,31,32,35)/t16-/m0/s1. The van der Waals surface area contributed by atoms with Crippen molar-refractivity contribution in [2.24, 2.45) is 4.99 Å². The topological polar surface area (TPSA) is 82.1 Å². The summed E-state index contributed by atoms with van der Waals surface area (Å²) in [7, 11) is 1.47. The van der Waals surface area contributed by atoms with Gasteiger partial charge in [-0.1, -0.05) is 30.0 Å². The van der Waals surface area contributed by atoms with E-state index >= 15 is 0 Å². The van der Waals surface area contributed by atoms with Gasteiger partial charge in [-0.2, -0.15) is 13.2 Å². The number of rotatable bonds is 9. The number of nitrogens with zero attached hydrogens (tertiary/aromatic N) is 4. The number of amidine groups is 1. The van der Waals surface area contributed by atoms with Gasteiger partial charge in [-0.3, -0.25) is 15.0 Å². The fourth-order valence-electron chi connectivity index (χ4n) is 4.30. The van der Waals surface area contributed by atoms with E-state index in [0.717, 1.165) is 42.9 Å². The molecule has 1 aliphatic rings. The molecule has 202 valence electrons. The van der Waals surface area contributed by atoms with E-state index in [0.29, 0.717) is 23.1 Å². The lowest BCUT2D eigenvalue weighted by molar-refractivity contribution is -0.138. The highest BCUT2D eigenvalue weighted by Crippen LogP contribution is 2.33. The first kappa shape index (κ1) is 28.6. The molecule has 12 heteroatoms. The third kappa shape index (κ3) is 7.53. The van der Waals surface area contributed by atoms with Gasteiger partial charge in [0.2, 0.25) is 0 Å². The maximum atomic E-state index is 13.4. The number of alkyl halides is 3. The van der Waals surface area contributed by atoms with Gasteiger partial charge < -0.3 is 15.0 Å². The number of amides is 1. The van der Waals surface area contributed by atoms with Crippen molar-refractivity contribution >= 4 is 33.2 Å². The van der Waals surface area contributed by atoms with Crippen LogP contribution in [0.3, 0.4) is 0 Å². The van der Waals surface area contributed by atoms with Gasteiger partial charge in [-0.25, -0.2) is 9.98 Å². The Kier molecular flexibility index (Phi) is 9.68. The van der Waals surface area contributed by atoms with E-state index in [1.165, 1.54) is 37.6 Å². The number of carbonyl (C=O) groups excluding carboxylic acids is 1. The second-order valence-electron chi connectivity index (χ2n) is 8.86. The van der Waals surface area contributed by atoms with Crippen LogP contribution in [0.1, 0.15) is 29.3 Å². The molecule has 0 spiro atoms. The van der Waals surface area contributed by atoms with Crippen molar-refractivity contribution in [3.05, 3.63) is 53.4 Å². The van der Waals surface area contributed by atoms with Gasteiger partial charge in [0.05, 0.1) is 11.3 Å². The van der Waals surface area contributed by atoms with E-state index in [2.05, 4.69) is 37.0 Å². The number of piperazine rings is 1. The summed E-state index contributed by atoms with van der Waals surface area (Å²) in [5.74, 6) is 0.127. The average Bonchev–Trinajstić information content (AvgIpc) is 3.18. The Bertz CT molecular complexity index is 1130. The van der Waals surface area contributed by atoms with Gasteiger partial charge in [-0.15, -0.1) is 0 Å². The molecule has 37 heavy (non-hydrogen) atoms. The van der Waals surface area contributed by atoms with Gasteiger partial charge in [0.1, 0.15) is 17.4 Å². The molecule has 8 nitrogen and oxygen atoms in total. The minimum absolute atomic E-state index is 0.0224. The number of halogens is 3. The molecule has 0 saturated carbocycles. The first-order valence-corrected chi connectivity index (χ1v) is 12.7. The first-order valence-electron chi connectivity index (χ1n) is 11.9. The predicted molar refractivity (Wildman–Crippen MR) is 142 cm³/mol. The van der Waals surface area contributed by atoms with Crippen molar-refractivity contribution in [3.8, 4) is 0 Å². The number of benzene rings is 1. The Morgan fingerprint density at radius 1 is 1.30 bits per heavy atom. The molecule has 2 aromatic rings. The molecule has 0 bridgehead atoms. The van der Waals surface area contributed by atoms with Gasteiger partial charge in [0, 0.05) is 57.6 Å². The van der Waals surface area contributed by atoms with E-state index in [-0.39, 0.29) is 24.1 Å². The van der Waals surface area contributed by atoms with E-state index in [9.17, 15) is 18.0 Å². The molecule has 2 N–H and O–H groups in total. The SMILES string of the molecule is C=C/N=C(/N[C@@H](C)CN1CCN(c2sc(NC(=O)COC)nc2C)CC1)c1cccc(C(F)(F)F)c1C. The van der Waals surface area contributed by atoms with Crippen LogP contribution < -0.4 is 15.5 Å². The molecular formula is C25H33F3N6O2S. The molecule has 0 aliphatic carbocycles. The zero-order valence-corrected chi connectivity index (χ0v) is 22.3. The monoisotopic (exact) mass is 538 g/mol. The number of thiazole rings is 1. The molecule has 1 atom stereocenters. The van der Waals surface area contributed by atoms with Crippen molar-refractivity contribution in [2.45, 2.75) is 33.0 Å². The van der Waals surface area contributed by atoms with Crippen LogP contribution in [0, 0.1) is 13.8 Å². The van der Waals surface area contributed by atoms with Crippen LogP contribution >= 0.6 is 11.3 Å².